The summed E-state index contributed by atoms with van der Waals surface area (Å²) >= 11 is 0. The maximum absolute atomic E-state index is 12.1. The summed E-state index contributed by atoms with van der Waals surface area (Å²) in [6, 6.07) is 5.85. The van der Waals surface area contributed by atoms with Gasteiger partial charge in [-0.3, -0.25) is 9.59 Å². The Morgan fingerprint density at radius 3 is 2.50 bits per heavy atom. The highest BCUT2D eigenvalue weighted by molar-refractivity contribution is 5.99. The van der Waals surface area contributed by atoms with Crippen molar-refractivity contribution in [3.63, 3.8) is 0 Å². The summed E-state index contributed by atoms with van der Waals surface area (Å²) in [5.74, 6) is -0.362. The van der Waals surface area contributed by atoms with Gasteiger partial charge in [0, 0.05) is 12.2 Å². The molecule has 1 saturated carbocycles. The largest absolute Gasteiger partial charge is 0.356 e. The van der Waals surface area contributed by atoms with E-state index in [1.54, 1.807) is 0 Å². The first-order valence-corrected chi connectivity index (χ1v) is 7.18. The molecule has 0 heterocycles. The first-order valence-electron chi connectivity index (χ1n) is 7.18. The second-order valence-electron chi connectivity index (χ2n) is 5.53. The molecule has 1 aliphatic rings. The number of carbonyl (C=O) groups is 2. The SMILES string of the molecule is CCCNC(=O)C1CC1C(=O)Nc1ccc(C)c(C)c1. The van der Waals surface area contributed by atoms with Crippen molar-refractivity contribution in [3.8, 4) is 0 Å². The van der Waals surface area contributed by atoms with E-state index in [4.69, 9.17) is 0 Å². The van der Waals surface area contributed by atoms with Crippen LogP contribution in [0.1, 0.15) is 30.9 Å². The predicted octanol–water partition coefficient (Wildman–Crippen LogP) is 2.40. The van der Waals surface area contributed by atoms with E-state index < -0.39 is 0 Å². The van der Waals surface area contributed by atoms with Gasteiger partial charge in [-0.15, -0.1) is 0 Å². The Labute approximate surface area is 119 Å². The molecule has 4 heteroatoms. The third-order valence-electron chi connectivity index (χ3n) is 3.79. The average molecular weight is 274 g/mol. The monoisotopic (exact) mass is 274 g/mol. The highest BCUT2D eigenvalue weighted by Gasteiger charge is 2.47. The summed E-state index contributed by atoms with van der Waals surface area (Å²) in [6.07, 6.45) is 1.57. The van der Waals surface area contributed by atoms with Crippen molar-refractivity contribution in [3.05, 3.63) is 29.3 Å². The maximum atomic E-state index is 12.1. The summed E-state index contributed by atoms with van der Waals surface area (Å²) in [4.78, 5) is 23.8. The zero-order valence-electron chi connectivity index (χ0n) is 12.3. The summed E-state index contributed by atoms with van der Waals surface area (Å²) in [5.41, 5.74) is 3.15. The molecule has 1 aliphatic carbocycles. The number of amides is 2. The molecule has 0 spiro atoms. The molecule has 0 saturated heterocycles. The lowest BCUT2D eigenvalue weighted by Gasteiger charge is -2.07. The molecule has 1 aromatic rings. The number of carbonyl (C=O) groups excluding carboxylic acids is 2. The highest BCUT2D eigenvalue weighted by Crippen LogP contribution is 2.39. The van der Waals surface area contributed by atoms with Gasteiger partial charge in [-0.05, 0) is 49.9 Å². The lowest BCUT2D eigenvalue weighted by molar-refractivity contribution is -0.125. The molecule has 4 nitrogen and oxygen atoms in total. The second kappa shape index (κ2) is 6.07. The van der Waals surface area contributed by atoms with Gasteiger partial charge in [0.15, 0.2) is 0 Å². The molecule has 0 bridgehead atoms. The fourth-order valence-corrected chi connectivity index (χ4v) is 2.21. The molecular weight excluding hydrogens is 252 g/mol. The van der Waals surface area contributed by atoms with Crippen molar-refractivity contribution >= 4 is 17.5 Å². The van der Waals surface area contributed by atoms with Gasteiger partial charge < -0.3 is 10.6 Å². The molecule has 2 atom stereocenters. The van der Waals surface area contributed by atoms with Crippen LogP contribution in [0.3, 0.4) is 0 Å². The minimum Gasteiger partial charge on any atom is -0.356 e. The molecule has 2 rings (SSSR count). The number of hydrogen-bond acceptors (Lipinski definition) is 2. The Morgan fingerprint density at radius 2 is 1.85 bits per heavy atom. The summed E-state index contributed by atoms with van der Waals surface area (Å²) in [6.45, 7) is 6.75. The molecule has 2 unspecified atom stereocenters. The van der Waals surface area contributed by atoms with E-state index in [0.29, 0.717) is 13.0 Å². The van der Waals surface area contributed by atoms with Gasteiger partial charge >= 0.3 is 0 Å². The van der Waals surface area contributed by atoms with Gasteiger partial charge in [0.2, 0.25) is 11.8 Å². The minimum atomic E-state index is -0.173. The molecular formula is C16H22N2O2. The fourth-order valence-electron chi connectivity index (χ4n) is 2.21. The number of benzene rings is 1. The van der Waals surface area contributed by atoms with Crippen LogP contribution in [0.25, 0.3) is 0 Å². The third-order valence-corrected chi connectivity index (χ3v) is 3.79. The third kappa shape index (κ3) is 3.38. The highest BCUT2D eigenvalue weighted by atomic mass is 16.2. The Kier molecular flexibility index (Phi) is 4.42. The van der Waals surface area contributed by atoms with Gasteiger partial charge in [-0.2, -0.15) is 0 Å². The maximum Gasteiger partial charge on any atom is 0.228 e. The van der Waals surface area contributed by atoms with E-state index in [1.807, 2.05) is 39.0 Å². The number of anilines is 1. The zero-order valence-corrected chi connectivity index (χ0v) is 12.3. The van der Waals surface area contributed by atoms with Crippen molar-refractivity contribution in [1.82, 2.24) is 5.32 Å². The molecule has 0 radical (unpaired) electrons. The lowest BCUT2D eigenvalue weighted by atomic mass is 10.1. The van der Waals surface area contributed by atoms with Crippen LogP contribution in [-0.2, 0) is 9.59 Å². The van der Waals surface area contributed by atoms with Crippen molar-refractivity contribution in [2.45, 2.75) is 33.6 Å². The van der Waals surface area contributed by atoms with E-state index in [2.05, 4.69) is 10.6 Å². The molecule has 0 aliphatic heterocycles. The lowest BCUT2D eigenvalue weighted by Crippen LogP contribution is -2.28. The Balaban J connectivity index is 1.87. The number of aryl methyl sites for hydroxylation is 2. The van der Waals surface area contributed by atoms with E-state index in [9.17, 15) is 9.59 Å². The van der Waals surface area contributed by atoms with Crippen molar-refractivity contribution in [2.24, 2.45) is 11.8 Å². The van der Waals surface area contributed by atoms with Crippen molar-refractivity contribution in [1.29, 1.82) is 0 Å². The molecule has 1 aromatic carbocycles. The van der Waals surface area contributed by atoms with Gasteiger partial charge in [0.25, 0.3) is 0 Å². The Morgan fingerprint density at radius 1 is 1.15 bits per heavy atom. The van der Waals surface area contributed by atoms with Crippen LogP contribution in [0.4, 0.5) is 5.69 Å². The topological polar surface area (TPSA) is 58.2 Å². The van der Waals surface area contributed by atoms with Crippen LogP contribution < -0.4 is 10.6 Å². The Hall–Kier alpha value is -1.84. The smallest absolute Gasteiger partial charge is 0.228 e. The van der Waals surface area contributed by atoms with E-state index in [0.717, 1.165) is 17.7 Å². The zero-order chi connectivity index (χ0) is 14.7. The first-order chi connectivity index (χ1) is 9.52. The van der Waals surface area contributed by atoms with Crippen LogP contribution in [0.15, 0.2) is 18.2 Å². The van der Waals surface area contributed by atoms with Crippen LogP contribution in [-0.4, -0.2) is 18.4 Å². The molecule has 1 fully saturated rings. The van der Waals surface area contributed by atoms with Gasteiger partial charge in [0.05, 0.1) is 11.8 Å². The van der Waals surface area contributed by atoms with Crippen molar-refractivity contribution in [2.75, 3.05) is 11.9 Å². The van der Waals surface area contributed by atoms with E-state index >= 15 is 0 Å². The summed E-state index contributed by atoms with van der Waals surface area (Å²) < 4.78 is 0. The predicted molar refractivity (Wildman–Crippen MR) is 79.4 cm³/mol. The van der Waals surface area contributed by atoms with Gasteiger partial charge in [0.1, 0.15) is 0 Å². The van der Waals surface area contributed by atoms with Crippen LogP contribution >= 0.6 is 0 Å². The second-order valence-corrected chi connectivity index (χ2v) is 5.53. The molecule has 20 heavy (non-hydrogen) atoms. The first kappa shape index (κ1) is 14.6. The number of hydrogen-bond donors (Lipinski definition) is 2. The summed E-state index contributed by atoms with van der Waals surface area (Å²) in [5, 5.41) is 5.73. The Bertz CT molecular complexity index is 525. The molecule has 0 aromatic heterocycles. The normalized spacial score (nSPS) is 20.4. The number of nitrogens with one attached hydrogen (secondary N) is 2. The van der Waals surface area contributed by atoms with E-state index in [-0.39, 0.29) is 23.7 Å². The van der Waals surface area contributed by atoms with Crippen LogP contribution in [0.2, 0.25) is 0 Å². The van der Waals surface area contributed by atoms with E-state index in [1.165, 1.54) is 5.56 Å². The fraction of sp³-hybridized carbons (Fsp3) is 0.500. The average Bonchev–Trinajstić information content (AvgIpc) is 3.20. The number of rotatable bonds is 5. The van der Waals surface area contributed by atoms with Gasteiger partial charge in [-0.1, -0.05) is 13.0 Å². The molecule has 2 amide bonds. The quantitative estimate of drug-likeness (QED) is 0.866. The minimum absolute atomic E-state index is 0.00656. The standard InChI is InChI=1S/C16H22N2O2/c1-4-7-17-15(19)13-9-14(13)16(20)18-12-6-5-10(2)11(3)8-12/h5-6,8,13-14H,4,7,9H2,1-3H3,(H,17,19)(H,18,20). The summed E-state index contributed by atoms with van der Waals surface area (Å²) in [7, 11) is 0. The van der Waals surface area contributed by atoms with Crippen LogP contribution in [0.5, 0.6) is 0 Å². The van der Waals surface area contributed by atoms with Crippen molar-refractivity contribution < 1.29 is 9.59 Å². The molecule has 108 valence electrons. The van der Waals surface area contributed by atoms with Crippen LogP contribution in [0, 0.1) is 25.7 Å². The molecule has 2 N–H and O–H groups in total. The van der Waals surface area contributed by atoms with Gasteiger partial charge in [-0.25, -0.2) is 0 Å².